The monoisotopic (exact) mass is 415 g/mol. The third-order valence-electron chi connectivity index (χ3n) is 4.53. The minimum absolute atomic E-state index is 0.1000. The fourth-order valence-electron chi connectivity index (χ4n) is 2.83. The molecule has 1 fully saturated rings. The van der Waals surface area contributed by atoms with Crippen LogP contribution in [0.3, 0.4) is 0 Å². The average Bonchev–Trinajstić information content (AvgIpc) is 2.88. The van der Waals surface area contributed by atoms with Crippen LogP contribution < -0.4 is 10.0 Å². The highest BCUT2D eigenvalue weighted by atomic mass is 32.2. The highest BCUT2D eigenvalue weighted by Gasteiger charge is 2.43. The Bertz CT molecular complexity index is 753. The van der Waals surface area contributed by atoms with Gasteiger partial charge in [-0.1, -0.05) is 17.7 Å². The van der Waals surface area contributed by atoms with Gasteiger partial charge in [-0.3, -0.25) is 4.79 Å². The first-order valence-electron chi connectivity index (χ1n) is 9.09. The maximum atomic E-state index is 12.3. The van der Waals surface area contributed by atoms with Gasteiger partial charge in [0, 0.05) is 19.6 Å². The number of hydrogen-bond acceptors (Lipinski definition) is 7. The molecule has 0 saturated carbocycles. The zero-order valence-electron chi connectivity index (χ0n) is 16.3. The van der Waals surface area contributed by atoms with Gasteiger partial charge in [0.05, 0.1) is 17.4 Å². The van der Waals surface area contributed by atoms with E-state index in [2.05, 4.69) is 10.0 Å². The average molecular weight is 416 g/mol. The summed E-state index contributed by atoms with van der Waals surface area (Å²) < 4.78 is 32.6. The zero-order chi connectivity index (χ0) is 20.9. The van der Waals surface area contributed by atoms with E-state index in [-0.39, 0.29) is 23.8 Å². The van der Waals surface area contributed by atoms with E-state index < -0.39 is 34.4 Å². The van der Waals surface area contributed by atoms with Crippen LogP contribution in [-0.4, -0.2) is 87.6 Å². The number of carbonyl (C=O) groups excluding carboxylic acids is 1. The van der Waals surface area contributed by atoms with Crippen LogP contribution in [0, 0.1) is 6.92 Å². The summed E-state index contributed by atoms with van der Waals surface area (Å²) in [6.45, 7) is 2.76. The summed E-state index contributed by atoms with van der Waals surface area (Å²) >= 11 is 0. The van der Waals surface area contributed by atoms with Crippen LogP contribution in [0.25, 0.3) is 0 Å². The summed E-state index contributed by atoms with van der Waals surface area (Å²) in [4.78, 5) is 14.0. The molecule has 0 aromatic heterocycles. The number of nitrogens with zero attached hydrogens (tertiary/aromatic N) is 1. The van der Waals surface area contributed by atoms with Gasteiger partial charge in [-0.15, -0.1) is 0 Å². The highest BCUT2D eigenvalue weighted by Crippen LogP contribution is 2.23. The first-order valence-corrected chi connectivity index (χ1v) is 10.6. The molecule has 4 atom stereocenters. The number of nitrogens with one attached hydrogen (secondary N) is 2. The Balaban J connectivity index is 1.88. The minimum atomic E-state index is -3.77. The van der Waals surface area contributed by atoms with Gasteiger partial charge >= 0.3 is 0 Å². The number of carbonyl (C=O) groups is 1. The van der Waals surface area contributed by atoms with Crippen LogP contribution in [0.2, 0.25) is 0 Å². The molecular formula is C18H29N3O6S. The number of rotatable bonds is 9. The summed E-state index contributed by atoms with van der Waals surface area (Å²) in [5, 5.41) is 23.0. The van der Waals surface area contributed by atoms with Crippen molar-refractivity contribution in [2.45, 2.75) is 42.7 Å². The van der Waals surface area contributed by atoms with Crippen molar-refractivity contribution in [3.63, 3.8) is 0 Å². The van der Waals surface area contributed by atoms with Crippen molar-refractivity contribution in [1.29, 1.82) is 0 Å². The normalized spacial score (nSPS) is 25.2. The highest BCUT2D eigenvalue weighted by molar-refractivity contribution is 7.89. The standard InChI is InChI=1S/C18H29N3O6S/c1-12-4-6-13(7-5-12)28(25,26)20-11-15-18(24)17(23)14(27-15)10-16(22)19-8-9-21(2)3/h4-7,14-15,17-18,20,23-24H,8-11H2,1-3H3,(H,19,22)/t14-,15-,17-,18+/m0/s1. The van der Waals surface area contributed by atoms with Crippen LogP contribution in [0.15, 0.2) is 29.2 Å². The molecule has 1 heterocycles. The lowest BCUT2D eigenvalue weighted by molar-refractivity contribution is -0.125. The van der Waals surface area contributed by atoms with Gasteiger partial charge in [0.1, 0.15) is 18.3 Å². The molecule has 28 heavy (non-hydrogen) atoms. The molecule has 0 spiro atoms. The maximum absolute atomic E-state index is 12.3. The molecule has 0 bridgehead atoms. The van der Waals surface area contributed by atoms with Crippen LogP contribution >= 0.6 is 0 Å². The fourth-order valence-corrected chi connectivity index (χ4v) is 3.87. The van der Waals surface area contributed by atoms with Gasteiger partial charge in [0.25, 0.3) is 0 Å². The number of sulfonamides is 1. The van der Waals surface area contributed by atoms with Crippen molar-refractivity contribution < 1.29 is 28.2 Å². The summed E-state index contributed by atoms with van der Waals surface area (Å²) in [6, 6.07) is 6.34. The molecule has 0 aliphatic carbocycles. The van der Waals surface area contributed by atoms with Crippen molar-refractivity contribution in [3.8, 4) is 0 Å². The van der Waals surface area contributed by atoms with Crippen LogP contribution in [-0.2, 0) is 19.6 Å². The Kier molecular flexibility index (Phi) is 7.93. The van der Waals surface area contributed by atoms with Crippen molar-refractivity contribution in [3.05, 3.63) is 29.8 Å². The number of aliphatic hydroxyl groups excluding tert-OH is 2. The Morgan fingerprint density at radius 3 is 2.36 bits per heavy atom. The number of likely N-dealkylation sites (N-methyl/N-ethyl adjacent to an activating group) is 1. The van der Waals surface area contributed by atoms with Crippen molar-refractivity contribution in [2.75, 3.05) is 33.7 Å². The molecule has 1 aliphatic heterocycles. The number of hydrogen-bond donors (Lipinski definition) is 4. The van der Waals surface area contributed by atoms with Crippen molar-refractivity contribution >= 4 is 15.9 Å². The molecule has 0 radical (unpaired) electrons. The molecule has 4 N–H and O–H groups in total. The first kappa shape index (κ1) is 22.7. The molecule has 10 heteroatoms. The predicted octanol–water partition coefficient (Wildman–Crippen LogP) is -1.17. The largest absolute Gasteiger partial charge is 0.388 e. The van der Waals surface area contributed by atoms with Crippen LogP contribution in [0.4, 0.5) is 0 Å². The van der Waals surface area contributed by atoms with E-state index in [4.69, 9.17) is 4.74 Å². The molecule has 1 aliphatic rings. The van der Waals surface area contributed by atoms with E-state index in [0.717, 1.165) is 5.56 Å². The van der Waals surface area contributed by atoms with E-state index >= 15 is 0 Å². The molecule has 2 rings (SSSR count). The SMILES string of the molecule is Cc1ccc(S(=O)(=O)NC[C@@H]2O[C@@H](CC(=O)NCCN(C)C)[C@H](O)[C@@H]2O)cc1. The second kappa shape index (κ2) is 9.77. The molecule has 0 unspecified atom stereocenters. The van der Waals surface area contributed by atoms with Crippen molar-refractivity contribution in [1.82, 2.24) is 14.9 Å². The molecule has 1 saturated heterocycles. The van der Waals surface area contributed by atoms with Crippen LogP contribution in [0.5, 0.6) is 0 Å². The maximum Gasteiger partial charge on any atom is 0.240 e. The molecule has 158 valence electrons. The van der Waals surface area contributed by atoms with E-state index in [1.165, 1.54) is 12.1 Å². The van der Waals surface area contributed by atoms with Gasteiger partial charge in [-0.05, 0) is 33.2 Å². The summed E-state index contributed by atoms with van der Waals surface area (Å²) in [5.74, 6) is -0.306. The van der Waals surface area contributed by atoms with E-state index in [9.17, 15) is 23.4 Å². The molecule has 1 aromatic rings. The Labute approximate surface area is 165 Å². The summed E-state index contributed by atoms with van der Waals surface area (Å²) in [7, 11) is -0.00573. The molecule has 1 amide bonds. The van der Waals surface area contributed by atoms with E-state index in [1.807, 2.05) is 25.9 Å². The third-order valence-corrected chi connectivity index (χ3v) is 5.97. The van der Waals surface area contributed by atoms with Gasteiger partial charge in [0.2, 0.25) is 15.9 Å². The number of amides is 1. The second-order valence-corrected chi connectivity index (χ2v) is 8.98. The molecule has 1 aromatic carbocycles. The Morgan fingerprint density at radius 1 is 1.14 bits per heavy atom. The smallest absolute Gasteiger partial charge is 0.240 e. The fraction of sp³-hybridized carbons (Fsp3) is 0.611. The molecule has 9 nitrogen and oxygen atoms in total. The van der Waals surface area contributed by atoms with Gasteiger partial charge in [-0.25, -0.2) is 13.1 Å². The third kappa shape index (κ3) is 6.23. The number of benzene rings is 1. The topological polar surface area (TPSA) is 128 Å². The van der Waals surface area contributed by atoms with Crippen molar-refractivity contribution in [2.24, 2.45) is 0 Å². The number of aryl methyl sites for hydroxylation is 1. The van der Waals surface area contributed by atoms with E-state index in [0.29, 0.717) is 13.1 Å². The van der Waals surface area contributed by atoms with Gasteiger partial charge in [0.15, 0.2) is 0 Å². The lowest BCUT2D eigenvalue weighted by Crippen LogP contribution is -2.40. The minimum Gasteiger partial charge on any atom is -0.388 e. The lowest BCUT2D eigenvalue weighted by Gasteiger charge is -2.16. The van der Waals surface area contributed by atoms with Crippen LogP contribution in [0.1, 0.15) is 12.0 Å². The van der Waals surface area contributed by atoms with Gasteiger partial charge < -0.3 is 25.2 Å². The number of ether oxygens (including phenoxy) is 1. The second-order valence-electron chi connectivity index (χ2n) is 7.22. The molecular weight excluding hydrogens is 386 g/mol. The quantitative estimate of drug-likeness (QED) is 0.400. The Hall–Kier alpha value is -1.56. The summed E-state index contributed by atoms with van der Waals surface area (Å²) in [5.41, 5.74) is 0.934. The lowest BCUT2D eigenvalue weighted by atomic mass is 10.1. The Morgan fingerprint density at radius 2 is 1.75 bits per heavy atom. The first-order chi connectivity index (χ1) is 13.1. The van der Waals surface area contributed by atoms with E-state index in [1.54, 1.807) is 12.1 Å². The number of aliphatic hydroxyl groups is 2. The zero-order valence-corrected chi connectivity index (χ0v) is 17.1. The predicted molar refractivity (Wildman–Crippen MR) is 103 cm³/mol. The summed E-state index contributed by atoms with van der Waals surface area (Å²) in [6.07, 6.45) is -4.53. The van der Waals surface area contributed by atoms with Gasteiger partial charge in [-0.2, -0.15) is 0 Å².